The molecule has 0 aromatic heterocycles. The number of aliphatic carboxylic acids is 1. The molecule has 15 heavy (non-hydrogen) atoms. The largest absolute Gasteiger partial charge is 0.480 e. The summed E-state index contributed by atoms with van der Waals surface area (Å²) >= 11 is 0. The number of carbonyl (C=O) groups is 1. The van der Waals surface area contributed by atoms with Gasteiger partial charge in [-0.05, 0) is 24.7 Å². The molecule has 0 radical (unpaired) electrons. The van der Waals surface area contributed by atoms with Gasteiger partial charge in [0.25, 0.3) is 0 Å². The van der Waals surface area contributed by atoms with Crippen LogP contribution in [0.4, 0.5) is 0 Å². The van der Waals surface area contributed by atoms with Crippen LogP contribution in [0.2, 0.25) is 0 Å². The van der Waals surface area contributed by atoms with Gasteiger partial charge in [0.2, 0.25) is 0 Å². The van der Waals surface area contributed by atoms with Gasteiger partial charge in [-0.2, -0.15) is 0 Å². The number of rotatable bonds is 8. The predicted octanol–water partition coefficient (Wildman–Crippen LogP) is 2.22. The van der Waals surface area contributed by atoms with E-state index in [-0.39, 0.29) is 6.54 Å². The highest BCUT2D eigenvalue weighted by atomic mass is 16.4. The van der Waals surface area contributed by atoms with Crippen molar-refractivity contribution in [2.45, 2.75) is 39.5 Å². The second-order valence-electron chi connectivity index (χ2n) is 4.71. The molecule has 0 aromatic carbocycles. The van der Waals surface area contributed by atoms with Crippen LogP contribution in [0.5, 0.6) is 0 Å². The number of hydrogen-bond donors (Lipinski definition) is 1. The van der Waals surface area contributed by atoms with Crippen LogP contribution >= 0.6 is 0 Å². The van der Waals surface area contributed by atoms with Crippen molar-refractivity contribution >= 4 is 5.97 Å². The molecule has 0 saturated heterocycles. The zero-order valence-corrected chi connectivity index (χ0v) is 9.91. The summed E-state index contributed by atoms with van der Waals surface area (Å²) in [5, 5.41) is 8.83. The zero-order valence-electron chi connectivity index (χ0n) is 9.91. The summed E-state index contributed by atoms with van der Waals surface area (Å²) in [6, 6.07) is 0. The Hall–Kier alpha value is -0.570. The lowest BCUT2D eigenvalue weighted by atomic mass is 10.0. The minimum Gasteiger partial charge on any atom is -0.480 e. The second-order valence-corrected chi connectivity index (χ2v) is 4.71. The quantitative estimate of drug-likeness (QED) is 0.672. The Labute approximate surface area is 92.5 Å². The first kappa shape index (κ1) is 12.5. The van der Waals surface area contributed by atoms with Crippen LogP contribution in [0.15, 0.2) is 0 Å². The lowest BCUT2D eigenvalue weighted by Crippen LogP contribution is -2.35. The third-order valence-corrected chi connectivity index (χ3v) is 3.24. The van der Waals surface area contributed by atoms with E-state index in [1.54, 1.807) is 0 Å². The molecule has 3 heteroatoms. The molecule has 1 aliphatic carbocycles. The summed E-state index contributed by atoms with van der Waals surface area (Å²) in [4.78, 5) is 12.9. The van der Waals surface area contributed by atoms with Gasteiger partial charge in [-0.15, -0.1) is 0 Å². The molecule has 1 N–H and O–H groups in total. The Balaban J connectivity index is 2.35. The number of carboxylic acids is 1. The fourth-order valence-electron chi connectivity index (χ4n) is 1.97. The molecular formula is C12H23NO2. The maximum atomic E-state index is 10.7. The Morgan fingerprint density at radius 1 is 1.40 bits per heavy atom. The van der Waals surface area contributed by atoms with Crippen molar-refractivity contribution in [1.29, 1.82) is 0 Å². The van der Waals surface area contributed by atoms with E-state index in [0.29, 0.717) is 5.92 Å². The fourth-order valence-corrected chi connectivity index (χ4v) is 1.97. The monoisotopic (exact) mass is 213 g/mol. The van der Waals surface area contributed by atoms with Gasteiger partial charge in [0.05, 0.1) is 6.54 Å². The lowest BCUT2D eigenvalue weighted by molar-refractivity contribution is -0.138. The van der Waals surface area contributed by atoms with Gasteiger partial charge in [0, 0.05) is 13.1 Å². The molecule has 0 atom stereocenters. The molecule has 3 nitrogen and oxygen atoms in total. The van der Waals surface area contributed by atoms with E-state index < -0.39 is 5.97 Å². The van der Waals surface area contributed by atoms with Crippen molar-refractivity contribution in [3.05, 3.63) is 0 Å². The van der Waals surface area contributed by atoms with Gasteiger partial charge in [-0.1, -0.05) is 26.7 Å². The Kier molecular flexibility index (Phi) is 5.09. The summed E-state index contributed by atoms with van der Waals surface area (Å²) in [7, 11) is 0. The van der Waals surface area contributed by atoms with E-state index >= 15 is 0 Å². The van der Waals surface area contributed by atoms with E-state index in [9.17, 15) is 4.79 Å². The van der Waals surface area contributed by atoms with Crippen LogP contribution in [0.25, 0.3) is 0 Å². The maximum absolute atomic E-state index is 10.7. The maximum Gasteiger partial charge on any atom is 0.317 e. The van der Waals surface area contributed by atoms with Crippen LogP contribution in [-0.4, -0.2) is 35.6 Å². The van der Waals surface area contributed by atoms with E-state index in [2.05, 4.69) is 18.7 Å². The first-order chi connectivity index (χ1) is 7.15. The van der Waals surface area contributed by atoms with Gasteiger partial charge in [0.1, 0.15) is 0 Å². The van der Waals surface area contributed by atoms with Crippen molar-refractivity contribution < 1.29 is 9.90 Å². The summed E-state index contributed by atoms with van der Waals surface area (Å²) in [5.74, 6) is 0.739. The molecule has 1 aliphatic rings. The molecule has 0 bridgehead atoms. The zero-order chi connectivity index (χ0) is 11.3. The van der Waals surface area contributed by atoms with Gasteiger partial charge in [0.15, 0.2) is 0 Å². The van der Waals surface area contributed by atoms with Gasteiger partial charge in [-0.3, -0.25) is 9.69 Å². The molecular weight excluding hydrogens is 190 g/mol. The molecule has 1 fully saturated rings. The molecule has 88 valence electrons. The second kappa shape index (κ2) is 6.11. The number of nitrogens with zero attached hydrogens (tertiary/aromatic N) is 1. The molecule has 0 aliphatic heterocycles. The third kappa shape index (κ3) is 5.17. The van der Waals surface area contributed by atoms with Crippen LogP contribution < -0.4 is 0 Å². The number of hydrogen-bond acceptors (Lipinski definition) is 2. The van der Waals surface area contributed by atoms with Crippen LogP contribution in [0.1, 0.15) is 39.5 Å². The third-order valence-electron chi connectivity index (χ3n) is 3.24. The van der Waals surface area contributed by atoms with Crippen molar-refractivity contribution in [2.24, 2.45) is 11.8 Å². The van der Waals surface area contributed by atoms with Gasteiger partial charge < -0.3 is 5.11 Å². The Morgan fingerprint density at radius 2 is 2.00 bits per heavy atom. The lowest BCUT2D eigenvalue weighted by Gasteiger charge is -2.24. The normalized spacial score (nSPS) is 16.3. The molecule has 1 saturated carbocycles. The van der Waals surface area contributed by atoms with Crippen LogP contribution in [0.3, 0.4) is 0 Å². The van der Waals surface area contributed by atoms with E-state index in [1.165, 1.54) is 12.8 Å². The SMILES string of the molecule is CCC(CC)CN(CC(=O)O)CC1CC1. The molecule has 0 aromatic rings. The first-order valence-electron chi connectivity index (χ1n) is 6.09. The minimum absolute atomic E-state index is 0.215. The molecule has 0 amide bonds. The average Bonchev–Trinajstić information content (AvgIpc) is 2.96. The molecule has 0 spiro atoms. The summed E-state index contributed by atoms with van der Waals surface area (Å²) in [6.45, 7) is 6.53. The fraction of sp³-hybridized carbons (Fsp3) is 0.917. The average molecular weight is 213 g/mol. The highest BCUT2D eigenvalue weighted by molar-refractivity contribution is 5.69. The smallest absolute Gasteiger partial charge is 0.317 e. The van der Waals surface area contributed by atoms with E-state index in [0.717, 1.165) is 31.8 Å². The van der Waals surface area contributed by atoms with Crippen LogP contribution in [0, 0.1) is 11.8 Å². The summed E-state index contributed by atoms with van der Waals surface area (Å²) in [5.41, 5.74) is 0. The van der Waals surface area contributed by atoms with Crippen molar-refractivity contribution in [3.8, 4) is 0 Å². The molecule has 0 heterocycles. The van der Waals surface area contributed by atoms with E-state index in [4.69, 9.17) is 5.11 Å². The molecule has 1 rings (SSSR count). The summed E-state index contributed by atoms with van der Waals surface area (Å²) in [6.07, 6.45) is 4.88. The van der Waals surface area contributed by atoms with E-state index in [1.807, 2.05) is 0 Å². The van der Waals surface area contributed by atoms with Crippen molar-refractivity contribution in [3.63, 3.8) is 0 Å². The summed E-state index contributed by atoms with van der Waals surface area (Å²) < 4.78 is 0. The van der Waals surface area contributed by atoms with Crippen molar-refractivity contribution in [1.82, 2.24) is 4.90 Å². The Bertz CT molecular complexity index is 198. The van der Waals surface area contributed by atoms with Gasteiger partial charge >= 0.3 is 5.97 Å². The molecule has 0 unspecified atom stereocenters. The van der Waals surface area contributed by atoms with Crippen LogP contribution in [-0.2, 0) is 4.79 Å². The number of carboxylic acid groups (broad SMARTS) is 1. The Morgan fingerprint density at radius 3 is 2.40 bits per heavy atom. The topological polar surface area (TPSA) is 40.5 Å². The minimum atomic E-state index is -0.693. The highest BCUT2D eigenvalue weighted by Crippen LogP contribution is 2.30. The highest BCUT2D eigenvalue weighted by Gasteiger charge is 2.26. The standard InChI is InChI=1S/C12H23NO2/c1-3-10(4-2)7-13(9-12(14)15)8-11-5-6-11/h10-11H,3-9H2,1-2H3,(H,14,15). The van der Waals surface area contributed by atoms with Crippen molar-refractivity contribution in [2.75, 3.05) is 19.6 Å². The first-order valence-corrected chi connectivity index (χ1v) is 6.09. The van der Waals surface area contributed by atoms with Gasteiger partial charge in [-0.25, -0.2) is 0 Å². The predicted molar refractivity (Wildman–Crippen MR) is 60.9 cm³/mol.